The number of hydrogen-bond donors (Lipinski definition) is 1. The number of hydrogen-bond acceptors (Lipinski definition) is 6. The van der Waals surface area contributed by atoms with Gasteiger partial charge in [-0.05, 0) is 0 Å². The zero-order valence-corrected chi connectivity index (χ0v) is 12.7. The molecule has 0 aromatic heterocycles. The number of amides is 3. The van der Waals surface area contributed by atoms with Crippen LogP contribution < -0.4 is 5.32 Å². The van der Waals surface area contributed by atoms with Gasteiger partial charge in [0.05, 0.1) is 46.2 Å². The van der Waals surface area contributed by atoms with Gasteiger partial charge in [-0.3, -0.25) is 19.3 Å². The predicted octanol–water partition coefficient (Wildman–Crippen LogP) is -0.903. The van der Waals surface area contributed by atoms with E-state index in [1.165, 1.54) is 12.2 Å². The molecule has 0 fully saturated rings. The summed E-state index contributed by atoms with van der Waals surface area (Å²) in [7, 11) is 1.58. The van der Waals surface area contributed by atoms with E-state index in [4.69, 9.17) is 14.2 Å². The molecule has 1 heterocycles. The van der Waals surface area contributed by atoms with Crippen LogP contribution in [0.2, 0.25) is 0 Å². The Balaban J connectivity index is 1.83. The summed E-state index contributed by atoms with van der Waals surface area (Å²) in [6.07, 6.45) is 2.83. The van der Waals surface area contributed by atoms with E-state index in [0.29, 0.717) is 39.5 Å². The third kappa shape index (κ3) is 7.30. The summed E-state index contributed by atoms with van der Waals surface area (Å²) in [4.78, 5) is 34.5. The molecule has 0 aromatic rings. The average Bonchev–Trinajstić information content (AvgIpc) is 2.83. The summed E-state index contributed by atoms with van der Waals surface area (Å²) in [5, 5.41) is 2.51. The second-order valence-corrected chi connectivity index (χ2v) is 4.42. The van der Waals surface area contributed by atoms with Crippen molar-refractivity contribution in [2.45, 2.75) is 6.42 Å². The second-order valence-electron chi connectivity index (χ2n) is 4.42. The van der Waals surface area contributed by atoms with Crippen LogP contribution in [0.3, 0.4) is 0 Å². The van der Waals surface area contributed by atoms with Crippen LogP contribution in [0.4, 0.5) is 0 Å². The number of ether oxygens (including phenoxy) is 3. The molecule has 0 saturated carbocycles. The van der Waals surface area contributed by atoms with Crippen molar-refractivity contribution in [1.29, 1.82) is 0 Å². The first-order valence-corrected chi connectivity index (χ1v) is 7.12. The predicted molar refractivity (Wildman–Crippen MR) is 77.0 cm³/mol. The maximum atomic E-state index is 11.2. The minimum atomic E-state index is -0.307. The molecule has 1 aliphatic rings. The summed E-state index contributed by atoms with van der Waals surface area (Å²) in [6.45, 7) is 2.51. The van der Waals surface area contributed by atoms with Gasteiger partial charge in [-0.1, -0.05) is 0 Å². The minimum absolute atomic E-state index is 0.0560. The first-order chi connectivity index (χ1) is 10.6. The molecule has 0 bridgehead atoms. The molecule has 0 radical (unpaired) electrons. The molecule has 0 aromatic carbocycles. The van der Waals surface area contributed by atoms with Crippen LogP contribution in [-0.2, 0) is 28.6 Å². The monoisotopic (exact) mass is 314 g/mol. The van der Waals surface area contributed by atoms with E-state index in [9.17, 15) is 14.4 Å². The van der Waals surface area contributed by atoms with Gasteiger partial charge in [0.2, 0.25) is 5.91 Å². The fourth-order valence-corrected chi connectivity index (χ4v) is 1.64. The number of carbonyl (C=O) groups excluding carboxylic acids is 3. The first-order valence-electron chi connectivity index (χ1n) is 7.12. The van der Waals surface area contributed by atoms with Crippen molar-refractivity contribution < 1.29 is 28.6 Å². The van der Waals surface area contributed by atoms with Crippen molar-refractivity contribution >= 4 is 17.7 Å². The molecule has 0 atom stereocenters. The number of rotatable bonds is 12. The van der Waals surface area contributed by atoms with E-state index < -0.39 is 0 Å². The lowest BCUT2D eigenvalue weighted by atomic mass is 10.4. The van der Waals surface area contributed by atoms with Gasteiger partial charge in [0, 0.05) is 25.6 Å². The standard InChI is InChI=1S/C14H22N2O6/c1-15-12(17)4-6-20-8-10-22-11-9-21-7-5-16-13(18)2-3-14(16)19/h2-3H,4-11H2,1H3,(H,15,17). The van der Waals surface area contributed by atoms with E-state index in [-0.39, 0.29) is 30.9 Å². The SMILES string of the molecule is CNC(=O)CCOCCOCCOCCN1C(=O)C=CC1=O. The molecular formula is C14H22N2O6. The van der Waals surface area contributed by atoms with Gasteiger partial charge in [0.25, 0.3) is 11.8 Å². The number of nitrogens with zero attached hydrogens (tertiary/aromatic N) is 1. The Morgan fingerprint density at radius 2 is 1.45 bits per heavy atom. The molecule has 1 rings (SSSR count). The highest BCUT2D eigenvalue weighted by atomic mass is 16.5. The average molecular weight is 314 g/mol. The Bertz CT molecular complexity index is 392. The molecule has 3 amide bonds. The summed E-state index contributed by atoms with van der Waals surface area (Å²) < 4.78 is 15.8. The third-order valence-corrected chi connectivity index (χ3v) is 2.86. The lowest BCUT2D eigenvalue weighted by molar-refractivity contribution is -0.137. The second kappa shape index (κ2) is 10.9. The molecule has 8 heteroatoms. The van der Waals surface area contributed by atoms with Crippen LogP contribution in [0.25, 0.3) is 0 Å². The molecule has 0 spiro atoms. The fraction of sp³-hybridized carbons (Fsp3) is 0.643. The lowest BCUT2D eigenvalue weighted by Gasteiger charge is -2.13. The van der Waals surface area contributed by atoms with E-state index in [1.54, 1.807) is 7.05 Å². The highest BCUT2D eigenvalue weighted by Crippen LogP contribution is 2.02. The number of carbonyl (C=O) groups is 3. The van der Waals surface area contributed by atoms with E-state index in [1.807, 2.05) is 0 Å². The molecule has 124 valence electrons. The van der Waals surface area contributed by atoms with Crippen molar-refractivity contribution in [2.75, 3.05) is 53.2 Å². The Morgan fingerprint density at radius 3 is 2.00 bits per heavy atom. The fourth-order valence-electron chi connectivity index (χ4n) is 1.64. The summed E-state index contributed by atoms with van der Waals surface area (Å²) in [6, 6.07) is 0. The van der Waals surface area contributed by atoms with Crippen molar-refractivity contribution in [3.05, 3.63) is 12.2 Å². The van der Waals surface area contributed by atoms with E-state index in [0.717, 1.165) is 4.90 Å². The van der Waals surface area contributed by atoms with Crippen LogP contribution in [0, 0.1) is 0 Å². The van der Waals surface area contributed by atoms with Crippen molar-refractivity contribution in [2.24, 2.45) is 0 Å². The Labute approximate surface area is 129 Å². The molecule has 0 saturated heterocycles. The van der Waals surface area contributed by atoms with Gasteiger partial charge in [-0.2, -0.15) is 0 Å². The molecule has 0 unspecified atom stereocenters. The van der Waals surface area contributed by atoms with Gasteiger partial charge in [-0.15, -0.1) is 0 Å². The molecule has 1 aliphatic heterocycles. The molecule has 8 nitrogen and oxygen atoms in total. The quantitative estimate of drug-likeness (QED) is 0.370. The smallest absolute Gasteiger partial charge is 0.253 e. The summed E-state index contributed by atoms with van der Waals surface area (Å²) in [5.74, 6) is -0.669. The van der Waals surface area contributed by atoms with Crippen molar-refractivity contribution in [3.63, 3.8) is 0 Å². The zero-order valence-electron chi connectivity index (χ0n) is 12.7. The highest BCUT2D eigenvalue weighted by molar-refractivity contribution is 6.12. The lowest BCUT2D eigenvalue weighted by Crippen LogP contribution is -2.33. The summed E-state index contributed by atoms with van der Waals surface area (Å²) in [5.41, 5.74) is 0. The van der Waals surface area contributed by atoms with Gasteiger partial charge >= 0.3 is 0 Å². The first kappa shape index (κ1) is 18.3. The van der Waals surface area contributed by atoms with Crippen molar-refractivity contribution in [3.8, 4) is 0 Å². The molecule has 1 N–H and O–H groups in total. The normalized spacial score (nSPS) is 14.0. The number of nitrogens with one attached hydrogen (secondary N) is 1. The van der Waals surface area contributed by atoms with E-state index in [2.05, 4.69) is 5.32 Å². The highest BCUT2D eigenvalue weighted by Gasteiger charge is 2.22. The van der Waals surface area contributed by atoms with Crippen LogP contribution in [0.1, 0.15) is 6.42 Å². The Kier molecular flexibility index (Phi) is 9.04. The van der Waals surface area contributed by atoms with Gasteiger partial charge in [-0.25, -0.2) is 0 Å². The largest absolute Gasteiger partial charge is 0.379 e. The molecule has 0 aliphatic carbocycles. The molecular weight excluding hydrogens is 292 g/mol. The van der Waals surface area contributed by atoms with E-state index >= 15 is 0 Å². The van der Waals surface area contributed by atoms with Gasteiger partial charge in [0.1, 0.15) is 0 Å². The topological polar surface area (TPSA) is 94.2 Å². The van der Waals surface area contributed by atoms with Crippen LogP contribution in [-0.4, -0.2) is 75.9 Å². The minimum Gasteiger partial charge on any atom is -0.379 e. The maximum Gasteiger partial charge on any atom is 0.253 e. The van der Waals surface area contributed by atoms with Crippen LogP contribution in [0.5, 0.6) is 0 Å². The Morgan fingerprint density at radius 1 is 0.955 bits per heavy atom. The maximum absolute atomic E-state index is 11.2. The Hall–Kier alpha value is -1.77. The van der Waals surface area contributed by atoms with Gasteiger partial charge in [0.15, 0.2) is 0 Å². The van der Waals surface area contributed by atoms with Crippen LogP contribution in [0.15, 0.2) is 12.2 Å². The zero-order chi connectivity index (χ0) is 16.2. The third-order valence-electron chi connectivity index (χ3n) is 2.86. The summed E-state index contributed by atoms with van der Waals surface area (Å²) >= 11 is 0. The van der Waals surface area contributed by atoms with Gasteiger partial charge < -0.3 is 19.5 Å². The van der Waals surface area contributed by atoms with Crippen molar-refractivity contribution in [1.82, 2.24) is 10.2 Å². The van der Waals surface area contributed by atoms with Crippen LogP contribution >= 0.6 is 0 Å². The number of imide groups is 1. The molecule has 22 heavy (non-hydrogen) atoms.